The van der Waals surface area contributed by atoms with E-state index in [2.05, 4.69) is 81.2 Å². The average molecular weight is 1680 g/mol. The summed E-state index contributed by atoms with van der Waals surface area (Å²) in [6, 6.07) is -10.8. The summed E-state index contributed by atoms with van der Waals surface area (Å²) in [7, 11) is 0. The maximum absolute atomic E-state index is 14.9. The van der Waals surface area contributed by atoms with Crippen LogP contribution >= 0.6 is 0 Å². The van der Waals surface area contributed by atoms with Gasteiger partial charge in [0.1, 0.15) is 72.6 Å². The largest absolute Gasteiger partial charge is 0.481 e. The molecular formula is C76H102N18O26. The van der Waals surface area contributed by atoms with Gasteiger partial charge in [-0.2, -0.15) is 10.2 Å². The monoisotopic (exact) mass is 1680 g/mol. The number of amides is 14. The zero-order chi connectivity index (χ0) is 89.1. The van der Waals surface area contributed by atoms with E-state index in [9.17, 15) is 121 Å². The number of aliphatic carboxylic acids is 4. The van der Waals surface area contributed by atoms with Crippen molar-refractivity contribution in [3.63, 3.8) is 0 Å². The van der Waals surface area contributed by atoms with Gasteiger partial charge in [-0.3, -0.25) is 91.1 Å². The Morgan fingerprint density at radius 1 is 0.592 bits per heavy atom. The first-order chi connectivity index (χ1) is 56.8. The van der Waals surface area contributed by atoms with Crippen LogP contribution in [-0.2, 0) is 102 Å². The van der Waals surface area contributed by atoms with Crippen molar-refractivity contribution < 1.29 is 126 Å². The Morgan fingerprint density at radius 3 is 1.74 bits per heavy atom. The summed E-state index contributed by atoms with van der Waals surface area (Å²) in [6.45, 7) is 1.23. The summed E-state index contributed by atoms with van der Waals surface area (Å²) in [4.78, 5) is 278. The zero-order valence-corrected chi connectivity index (χ0v) is 66.2. The average Bonchev–Trinajstić information content (AvgIpc) is 1.47. The number of anilines is 1. The third kappa shape index (κ3) is 32.2. The lowest BCUT2D eigenvalue weighted by atomic mass is 9.96. The Morgan fingerprint density at radius 2 is 1.14 bits per heavy atom. The van der Waals surface area contributed by atoms with Crippen LogP contribution < -0.4 is 80.6 Å². The molecule has 0 unspecified atom stereocenters. The number of rotatable bonds is 37. The maximum atomic E-state index is 14.9. The number of terminal acetylenes is 1. The summed E-state index contributed by atoms with van der Waals surface area (Å²) in [5.74, 6) is -27.6. The van der Waals surface area contributed by atoms with E-state index in [-0.39, 0.29) is 43.4 Å². The van der Waals surface area contributed by atoms with Crippen molar-refractivity contribution in [1.82, 2.24) is 74.1 Å². The molecule has 44 nitrogen and oxygen atoms in total. The lowest BCUT2D eigenvalue weighted by Gasteiger charge is -2.30. The second-order valence-electron chi connectivity index (χ2n) is 28.7. The highest BCUT2D eigenvalue weighted by molar-refractivity contribution is 6.05. The minimum absolute atomic E-state index is 0.0243. The molecule has 120 heavy (non-hydrogen) atoms. The molecule has 3 aromatic rings. The number of unbranched alkanes of at least 4 members (excludes halogenated alkanes) is 6. The lowest BCUT2D eigenvalue weighted by molar-refractivity contribution is -0.156. The van der Waals surface area contributed by atoms with E-state index in [1.54, 1.807) is 30.5 Å². The fraction of sp³-hybridized carbons (Fsp3) is 0.526. The van der Waals surface area contributed by atoms with Crippen LogP contribution in [0.5, 0.6) is 0 Å². The number of aliphatic hydroxyl groups is 1. The molecule has 652 valence electrons. The Balaban J connectivity index is 1.63. The van der Waals surface area contributed by atoms with E-state index in [0.717, 1.165) is 52.9 Å². The number of benzene rings is 2. The van der Waals surface area contributed by atoms with E-state index in [1.165, 1.54) is 24.3 Å². The number of aromatic amines is 1. The van der Waals surface area contributed by atoms with Crippen molar-refractivity contribution in [2.75, 3.05) is 25.4 Å². The van der Waals surface area contributed by atoms with Crippen LogP contribution in [0.25, 0.3) is 10.9 Å². The van der Waals surface area contributed by atoms with E-state index < -0.39 is 267 Å². The van der Waals surface area contributed by atoms with Crippen LogP contribution in [-0.4, -0.2) is 247 Å². The Hall–Kier alpha value is -13.5. The number of cyclic esters (lactones) is 1. The normalized spacial score (nSPS) is 21.5. The second kappa shape index (κ2) is 47.6. The fourth-order valence-electron chi connectivity index (χ4n) is 12.5. The number of aromatic nitrogens is 1. The van der Waals surface area contributed by atoms with Gasteiger partial charge in [0, 0.05) is 60.5 Å². The predicted molar refractivity (Wildman–Crippen MR) is 417 cm³/mol. The van der Waals surface area contributed by atoms with Crippen molar-refractivity contribution in [1.29, 1.82) is 0 Å². The molecule has 14 amide bonds. The molecule has 3 heterocycles. The van der Waals surface area contributed by atoms with Crippen LogP contribution in [0.4, 0.5) is 5.69 Å². The van der Waals surface area contributed by atoms with Gasteiger partial charge in [0.2, 0.25) is 82.7 Å². The number of nitrogen functional groups attached to an aromatic ring is 1. The highest BCUT2D eigenvalue weighted by atomic mass is 16.5. The number of nitrogens with two attached hydrogens (primary N) is 2. The topological polar surface area (TPSA) is 701 Å². The van der Waals surface area contributed by atoms with Crippen LogP contribution in [0.2, 0.25) is 0 Å². The van der Waals surface area contributed by atoms with Crippen molar-refractivity contribution in [3.8, 4) is 12.3 Å². The number of carbonyl (C=O) groups excluding carboxylic acids is 16. The number of carboxylic acid groups (broad SMARTS) is 4. The van der Waals surface area contributed by atoms with Gasteiger partial charge in [-0.05, 0) is 62.8 Å². The molecule has 0 bridgehead atoms. The first kappa shape index (κ1) is 97.1. The summed E-state index contributed by atoms with van der Waals surface area (Å²) in [5.41, 5.74) is 11.2. The molecule has 1 aromatic heterocycles. The third-order valence-corrected chi connectivity index (χ3v) is 19.1. The van der Waals surface area contributed by atoms with Crippen LogP contribution in [0, 0.1) is 18.3 Å². The number of fused-ring (bicyclic) bond motifs is 1. The quantitative estimate of drug-likeness (QED) is 0.00860. The van der Waals surface area contributed by atoms with Gasteiger partial charge in [-0.1, -0.05) is 82.7 Å². The number of Topliss-reactive ketones (excluding diaryl/α,β-unsaturated/α-hetero) is 1. The molecular weight excluding hydrogens is 1580 g/mol. The van der Waals surface area contributed by atoms with Gasteiger partial charge < -0.3 is 116 Å². The standard InChI is InChI=1S/C76H102N18O26/c1-6-8-10-11-12-13-14-23-56(98)84-47(28-41-34-79-45-22-18-16-19-42(41)45)69(113)87-48(30-55(78)97)70(114)89-51(33-62(107)108)71(115)92-64-40(5)120-75(119)52(29-54(96)43-20-15-17-21-44(43)77)90-74(118)63(38(3)27-59(101)102)91-72(116)53(37-95)85-58(100)35-80-66(110)49(31-60(103)104)86-65(109)39(4)82-68(112)50(32-61(105)106)88-67(111)46(83-57(99)36-81-73(64)117)24-26-76(93-94-76)25-9-7-2/h2,15-22,34,38-40,46-53,63-64,79,95H,6,8-14,23-33,35-37,77H2,1,3-5H3,(H2,78,97)(H,80,110)(H,81,117)(H,82,112)(H,83,99)(H,84,98)(H,85,100)(H,86,109)(H,87,113)(H,88,111)(H,89,114)(H,90,118)(H,91,116)(H,92,115)(H,101,102)(H,103,104)(H,105,106)(H,107,108)/t38-,39-,40-,46+,47+,48-,49+,50+,51+,52+,53-,63+,64+/m1/s1. The molecule has 1 fully saturated rings. The predicted octanol–water partition coefficient (Wildman–Crippen LogP) is -4.01. The number of nitrogens with zero attached hydrogens (tertiary/aromatic N) is 2. The highest BCUT2D eigenvalue weighted by Crippen LogP contribution is 2.38. The highest BCUT2D eigenvalue weighted by Gasteiger charge is 2.43. The number of hydrogen-bond acceptors (Lipinski definition) is 25. The first-order valence-electron chi connectivity index (χ1n) is 38.4. The molecule has 0 saturated carbocycles. The molecule has 0 radical (unpaired) electrons. The third-order valence-electron chi connectivity index (χ3n) is 19.1. The maximum Gasteiger partial charge on any atom is 0.329 e. The number of aliphatic hydroxyl groups excluding tert-OH is 1. The van der Waals surface area contributed by atoms with Gasteiger partial charge in [-0.15, -0.1) is 12.3 Å². The minimum atomic E-state index is -2.47. The number of primary amides is 1. The second-order valence-corrected chi connectivity index (χ2v) is 28.7. The fourth-order valence-corrected chi connectivity index (χ4v) is 12.5. The summed E-state index contributed by atoms with van der Waals surface area (Å²) >= 11 is 0. The zero-order valence-electron chi connectivity index (χ0n) is 66.2. The van der Waals surface area contributed by atoms with E-state index in [1.807, 2.05) is 16.0 Å². The molecule has 13 atom stereocenters. The first-order valence-corrected chi connectivity index (χ1v) is 38.4. The van der Waals surface area contributed by atoms with Gasteiger partial charge >= 0.3 is 29.8 Å². The number of ether oxygens (including phenoxy) is 1. The number of nitrogens with one attached hydrogen (secondary N) is 14. The molecule has 5 rings (SSSR count). The van der Waals surface area contributed by atoms with Gasteiger partial charge in [0.05, 0.1) is 51.8 Å². The molecule has 44 heteroatoms. The molecule has 2 aliphatic heterocycles. The summed E-state index contributed by atoms with van der Waals surface area (Å²) in [6.07, 6.45) is 3.00. The van der Waals surface area contributed by atoms with Crippen molar-refractivity contribution in [2.45, 2.75) is 228 Å². The van der Waals surface area contributed by atoms with Crippen LogP contribution in [0.1, 0.15) is 159 Å². The number of H-pyrrole nitrogens is 1. The number of para-hydroxylation sites is 2. The molecule has 0 spiro atoms. The number of ketones is 1. The van der Waals surface area contributed by atoms with Crippen molar-refractivity contribution in [2.24, 2.45) is 21.9 Å². The minimum Gasteiger partial charge on any atom is -0.481 e. The lowest BCUT2D eigenvalue weighted by Crippen LogP contribution is -2.62. The van der Waals surface area contributed by atoms with E-state index in [4.69, 9.17) is 22.6 Å². The van der Waals surface area contributed by atoms with Gasteiger partial charge in [0.25, 0.3) is 0 Å². The smallest absolute Gasteiger partial charge is 0.329 e. The Bertz CT molecular complexity index is 4370. The Kier molecular flexibility index (Phi) is 38.5. The van der Waals surface area contributed by atoms with Gasteiger partial charge in [0.15, 0.2) is 11.4 Å². The number of esters is 1. The summed E-state index contributed by atoms with van der Waals surface area (Å²) in [5, 5.41) is 87.2. The van der Waals surface area contributed by atoms with Gasteiger partial charge in [-0.25, -0.2) is 4.79 Å². The SMILES string of the molecule is C#CCCC1(CC[C@@H]2NC(=O)CNC(=O)[C@@H](NC(=O)[C@H](CC(=O)O)NC(=O)[C@@H](CC(N)=O)NC(=O)[C@H](Cc3c[nH]c4ccccc34)NC(=O)CCCCCCCCC)[C@@H](C)OC(=O)[C@H](CC(=O)c3ccccc3N)NC(=O)[C@H]([C@H](C)CC(=O)O)NC(=O)[C@@H](CO)NC(=O)CNC(=O)[C@H](CC(=O)O)NC(=O)[C@@H](C)NC(=O)[C@H](CC(=O)O)NC2=O)N=N1. The molecule has 1 saturated heterocycles. The van der Waals surface area contributed by atoms with E-state index >= 15 is 0 Å². The molecule has 23 N–H and O–H groups in total. The van der Waals surface area contributed by atoms with Crippen molar-refractivity contribution >= 4 is 135 Å². The van der Waals surface area contributed by atoms with Crippen LogP contribution in [0.15, 0.2) is 65.0 Å². The molecule has 2 aliphatic rings. The number of hydrogen-bond donors (Lipinski definition) is 21. The Labute approximate surface area is 686 Å². The summed E-state index contributed by atoms with van der Waals surface area (Å²) < 4.78 is 5.72. The van der Waals surface area contributed by atoms with E-state index in [0.29, 0.717) is 29.3 Å². The molecule has 2 aromatic carbocycles. The number of carboxylic acids is 4. The van der Waals surface area contributed by atoms with Crippen LogP contribution in [0.3, 0.4) is 0 Å². The van der Waals surface area contributed by atoms with Crippen molar-refractivity contribution in [3.05, 3.63) is 65.9 Å². The number of carbonyl (C=O) groups is 20. The molecule has 0 aliphatic carbocycles.